The maximum Gasteiger partial charge on any atom is 0.0465 e. The lowest BCUT2D eigenvalue weighted by molar-refractivity contribution is 0.170. The van der Waals surface area contributed by atoms with Crippen molar-refractivity contribution < 1.29 is 4.74 Å². The third-order valence-electron chi connectivity index (χ3n) is 3.53. The summed E-state index contributed by atoms with van der Waals surface area (Å²) in [5.41, 5.74) is 2.74. The highest BCUT2D eigenvalue weighted by Crippen LogP contribution is 2.28. The van der Waals surface area contributed by atoms with Crippen LogP contribution in [0.5, 0.6) is 0 Å². The molecular weight excluding hydrogens is 302 g/mol. The second kappa shape index (κ2) is 8.72. The quantitative estimate of drug-likeness (QED) is 0.760. The van der Waals surface area contributed by atoms with Gasteiger partial charge in [-0.2, -0.15) is 0 Å². The Morgan fingerprint density at radius 1 is 1.37 bits per heavy atom. The number of hydrogen-bond donors (Lipinski definition) is 1. The van der Waals surface area contributed by atoms with E-state index in [4.69, 9.17) is 4.74 Å². The lowest BCUT2D eigenvalue weighted by atomic mass is 9.89. The van der Waals surface area contributed by atoms with Gasteiger partial charge in [0.05, 0.1) is 0 Å². The van der Waals surface area contributed by atoms with Gasteiger partial charge >= 0.3 is 0 Å². The van der Waals surface area contributed by atoms with Gasteiger partial charge in [0.2, 0.25) is 0 Å². The van der Waals surface area contributed by atoms with Gasteiger partial charge in [-0.25, -0.2) is 0 Å². The Morgan fingerprint density at radius 2 is 2.11 bits per heavy atom. The number of nitrogens with one attached hydrogen (secondary N) is 1. The van der Waals surface area contributed by atoms with Gasteiger partial charge in [-0.15, -0.1) is 0 Å². The van der Waals surface area contributed by atoms with Gasteiger partial charge in [0.15, 0.2) is 0 Å². The van der Waals surface area contributed by atoms with Crippen LogP contribution in [0.25, 0.3) is 0 Å². The first kappa shape index (κ1) is 16.7. The fraction of sp³-hybridized carbons (Fsp3) is 0.625. The topological polar surface area (TPSA) is 21.3 Å². The third kappa shape index (κ3) is 5.25. The maximum absolute atomic E-state index is 5.22. The average molecular weight is 328 g/mol. The number of rotatable bonds is 8. The number of aryl methyl sites for hydroxylation is 1. The van der Waals surface area contributed by atoms with Crippen molar-refractivity contribution in [1.29, 1.82) is 0 Å². The molecule has 108 valence electrons. The van der Waals surface area contributed by atoms with E-state index in [1.807, 2.05) is 0 Å². The molecule has 1 aromatic rings. The highest BCUT2D eigenvalue weighted by molar-refractivity contribution is 9.10. The van der Waals surface area contributed by atoms with Crippen molar-refractivity contribution in [2.45, 2.75) is 39.7 Å². The first-order valence-electron chi connectivity index (χ1n) is 7.08. The molecule has 0 radical (unpaired) electrons. The van der Waals surface area contributed by atoms with E-state index < -0.39 is 0 Å². The fourth-order valence-corrected chi connectivity index (χ4v) is 2.85. The Labute approximate surface area is 126 Å². The van der Waals surface area contributed by atoms with E-state index in [1.54, 1.807) is 7.11 Å². The normalized spacial score (nSPS) is 14.4. The van der Waals surface area contributed by atoms with Crippen molar-refractivity contribution in [3.8, 4) is 0 Å². The van der Waals surface area contributed by atoms with Crippen LogP contribution in [-0.2, 0) is 4.74 Å². The first-order chi connectivity index (χ1) is 9.10. The minimum absolute atomic E-state index is 0.406. The van der Waals surface area contributed by atoms with E-state index in [0.717, 1.165) is 30.5 Å². The van der Waals surface area contributed by atoms with Crippen molar-refractivity contribution in [1.82, 2.24) is 5.32 Å². The second-order valence-electron chi connectivity index (χ2n) is 5.19. The van der Waals surface area contributed by atoms with Crippen LogP contribution in [0.15, 0.2) is 22.7 Å². The molecule has 0 amide bonds. The summed E-state index contributed by atoms with van der Waals surface area (Å²) in [6.45, 7) is 8.56. The monoisotopic (exact) mass is 327 g/mol. The molecule has 0 saturated carbocycles. The number of ether oxygens (including phenoxy) is 1. The highest BCUT2D eigenvalue weighted by atomic mass is 79.9. The minimum atomic E-state index is 0.406. The van der Waals surface area contributed by atoms with Gasteiger partial charge in [-0.05, 0) is 55.5 Å². The third-order valence-corrected chi connectivity index (χ3v) is 4.02. The lowest BCUT2D eigenvalue weighted by Crippen LogP contribution is -2.29. The lowest BCUT2D eigenvalue weighted by Gasteiger charge is -2.27. The number of hydrogen-bond acceptors (Lipinski definition) is 2. The standard InChI is InChI=1S/C16H26BrNO/c1-5-9-18-16(12(2)8-10-19-4)15-7-6-14(17)11-13(15)3/h6-7,11-12,16,18H,5,8-10H2,1-4H3. The zero-order chi connectivity index (χ0) is 14.3. The smallest absolute Gasteiger partial charge is 0.0465 e. The Kier molecular flexibility index (Phi) is 7.66. The summed E-state index contributed by atoms with van der Waals surface area (Å²) in [7, 11) is 1.77. The highest BCUT2D eigenvalue weighted by Gasteiger charge is 2.20. The Balaban J connectivity index is 2.88. The summed E-state index contributed by atoms with van der Waals surface area (Å²) < 4.78 is 6.36. The van der Waals surface area contributed by atoms with Crippen molar-refractivity contribution in [3.63, 3.8) is 0 Å². The van der Waals surface area contributed by atoms with Crippen molar-refractivity contribution in [2.75, 3.05) is 20.3 Å². The predicted octanol–water partition coefficient (Wildman–Crippen LogP) is 4.47. The summed E-state index contributed by atoms with van der Waals surface area (Å²) in [5, 5.41) is 3.68. The van der Waals surface area contributed by atoms with Crippen molar-refractivity contribution in [2.24, 2.45) is 5.92 Å². The molecular formula is C16H26BrNO. The zero-order valence-corrected chi connectivity index (χ0v) is 14.1. The molecule has 0 bridgehead atoms. The van der Waals surface area contributed by atoms with Gasteiger partial charge in [0.25, 0.3) is 0 Å². The molecule has 0 aliphatic rings. The largest absolute Gasteiger partial charge is 0.385 e. The van der Waals surface area contributed by atoms with Crippen LogP contribution in [0.4, 0.5) is 0 Å². The Hall–Kier alpha value is -0.380. The maximum atomic E-state index is 5.22. The average Bonchev–Trinajstić information content (AvgIpc) is 2.38. The van der Waals surface area contributed by atoms with Gasteiger partial charge in [-0.3, -0.25) is 0 Å². The molecule has 0 aliphatic heterocycles. The van der Waals surface area contributed by atoms with Crippen LogP contribution >= 0.6 is 15.9 Å². The van der Waals surface area contributed by atoms with E-state index in [-0.39, 0.29) is 0 Å². The molecule has 1 rings (SSSR count). The molecule has 0 spiro atoms. The minimum Gasteiger partial charge on any atom is -0.385 e. The predicted molar refractivity (Wildman–Crippen MR) is 85.6 cm³/mol. The summed E-state index contributed by atoms with van der Waals surface area (Å²) in [6, 6.07) is 6.96. The zero-order valence-electron chi connectivity index (χ0n) is 12.5. The molecule has 0 saturated heterocycles. The van der Waals surface area contributed by atoms with Crippen LogP contribution in [0.2, 0.25) is 0 Å². The van der Waals surface area contributed by atoms with Crippen LogP contribution < -0.4 is 5.32 Å². The van der Waals surface area contributed by atoms with Gasteiger partial charge < -0.3 is 10.1 Å². The van der Waals surface area contributed by atoms with Gasteiger partial charge in [-0.1, -0.05) is 35.8 Å². The van der Waals surface area contributed by atoms with Crippen molar-refractivity contribution >= 4 is 15.9 Å². The van der Waals surface area contributed by atoms with Crippen LogP contribution in [-0.4, -0.2) is 20.3 Å². The van der Waals surface area contributed by atoms with E-state index in [0.29, 0.717) is 12.0 Å². The number of benzene rings is 1. The molecule has 1 aromatic carbocycles. The molecule has 2 atom stereocenters. The Bertz CT molecular complexity index is 381. The first-order valence-corrected chi connectivity index (χ1v) is 7.87. The second-order valence-corrected chi connectivity index (χ2v) is 6.11. The van der Waals surface area contributed by atoms with Crippen molar-refractivity contribution in [3.05, 3.63) is 33.8 Å². The molecule has 0 fully saturated rings. The molecule has 3 heteroatoms. The molecule has 2 nitrogen and oxygen atoms in total. The van der Waals surface area contributed by atoms with Gasteiger partial charge in [0.1, 0.15) is 0 Å². The van der Waals surface area contributed by atoms with E-state index in [2.05, 4.69) is 60.2 Å². The van der Waals surface area contributed by atoms with E-state index >= 15 is 0 Å². The SMILES string of the molecule is CCCNC(c1ccc(Br)cc1C)C(C)CCOC. The molecule has 0 aliphatic carbocycles. The van der Waals surface area contributed by atoms with Crippen LogP contribution in [0.3, 0.4) is 0 Å². The number of halogens is 1. The summed E-state index contributed by atoms with van der Waals surface area (Å²) in [6.07, 6.45) is 2.23. The van der Waals surface area contributed by atoms with Gasteiger partial charge in [0, 0.05) is 24.2 Å². The van der Waals surface area contributed by atoms with Crippen LogP contribution in [0.1, 0.15) is 43.9 Å². The van der Waals surface area contributed by atoms with E-state index in [9.17, 15) is 0 Å². The summed E-state index contributed by atoms with van der Waals surface area (Å²) in [4.78, 5) is 0. The van der Waals surface area contributed by atoms with E-state index in [1.165, 1.54) is 11.1 Å². The molecule has 2 unspecified atom stereocenters. The Morgan fingerprint density at radius 3 is 2.68 bits per heavy atom. The summed E-state index contributed by atoms with van der Waals surface area (Å²) in [5.74, 6) is 0.561. The fourth-order valence-electron chi connectivity index (χ4n) is 2.38. The van der Waals surface area contributed by atoms with Crippen LogP contribution in [0, 0.1) is 12.8 Å². The molecule has 19 heavy (non-hydrogen) atoms. The molecule has 0 aromatic heterocycles. The summed E-state index contributed by atoms with van der Waals surface area (Å²) >= 11 is 3.54. The molecule has 0 heterocycles. The number of methoxy groups -OCH3 is 1. The molecule has 1 N–H and O–H groups in total.